The van der Waals surface area contributed by atoms with Crippen LogP contribution in [0.4, 0.5) is 32.3 Å². The molecule has 3 unspecified atom stereocenters. The van der Waals surface area contributed by atoms with Crippen LogP contribution in [-0.4, -0.2) is 96.9 Å². The summed E-state index contributed by atoms with van der Waals surface area (Å²) in [5, 5.41) is 13.5. The number of thiophene rings is 2. The number of nitrogens with two attached hydrogens (primary N) is 1. The van der Waals surface area contributed by atoms with E-state index in [4.69, 9.17) is 35.5 Å². The third kappa shape index (κ3) is 22.8. The Morgan fingerprint density at radius 2 is 1.20 bits per heavy atom. The number of ether oxygens (including phenoxy) is 2. The number of fused-ring (bicyclic) bond motifs is 2. The summed E-state index contributed by atoms with van der Waals surface area (Å²) in [6.45, 7) is 22.0. The van der Waals surface area contributed by atoms with Gasteiger partial charge < -0.3 is 45.4 Å². The average molecular weight is 1390 g/mol. The maximum Gasteiger partial charge on any atom is 0.373 e. The van der Waals surface area contributed by atoms with Crippen LogP contribution < -0.4 is 36.0 Å². The molecule has 4 aliphatic heterocycles. The Morgan fingerprint density at radius 3 is 1.61 bits per heavy atom. The van der Waals surface area contributed by atoms with Crippen LogP contribution in [0.3, 0.4) is 0 Å². The molecule has 0 bridgehead atoms. The Morgan fingerprint density at radius 1 is 0.747 bits per heavy atom. The summed E-state index contributed by atoms with van der Waals surface area (Å²) in [4.78, 5) is 112. The van der Waals surface area contributed by atoms with Crippen LogP contribution in [0, 0.1) is 17.8 Å². The van der Waals surface area contributed by atoms with Gasteiger partial charge in [0.1, 0.15) is 11.2 Å². The number of carbonyl (C=O) groups excluding carboxylic acids is 9. The van der Waals surface area contributed by atoms with Gasteiger partial charge in [0, 0.05) is 44.8 Å². The molecule has 0 aliphatic carbocycles. The van der Waals surface area contributed by atoms with Crippen LogP contribution >= 0.6 is 40.7 Å². The van der Waals surface area contributed by atoms with E-state index in [0.717, 1.165) is 64.3 Å². The average Bonchev–Trinajstić information content (AvgIpc) is 4.06. The number of nitrogens with one attached hydrogen (secondary N) is 2. The van der Waals surface area contributed by atoms with Crippen molar-refractivity contribution in [1.29, 1.82) is 0 Å². The molecule has 2 saturated heterocycles. The van der Waals surface area contributed by atoms with Crippen molar-refractivity contribution in [3.63, 3.8) is 0 Å². The third-order valence-electron chi connectivity index (χ3n) is 13.0. The zero-order chi connectivity index (χ0) is 61.8. The van der Waals surface area contributed by atoms with E-state index < -0.39 is 35.3 Å². The van der Waals surface area contributed by atoms with Crippen molar-refractivity contribution >= 4 is 111 Å². The van der Waals surface area contributed by atoms with Gasteiger partial charge in [-0.1, -0.05) is 52.0 Å². The van der Waals surface area contributed by atoms with Crippen molar-refractivity contribution in [3.05, 3.63) is 92.3 Å². The van der Waals surface area contributed by atoms with Crippen molar-refractivity contribution in [2.45, 2.75) is 163 Å². The van der Waals surface area contributed by atoms with Crippen LogP contribution in [0.2, 0.25) is 0 Å². The molecule has 4 aliphatic rings. The van der Waals surface area contributed by atoms with Crippen molar-refractivity contribution in [3.8, 4) is 0 Å². The number of anilines is 4. The zero-order valence-corrected chi connectivity index (χ0v) is 55.7. The van der Waals surface area contributed by atoms with Crippen molar-refractivity contribution in [2.24, 2.45) is 23.5 Å². The number of benzene rings is 2. The van der Waals surface area contributed by atoms with Crippen molar-refractivity contribution in [2.75, 3.05) is 45.5 Å². The predicted octanol–water partition coefficient (Wildman–Crippen LogP) is 11.2. The van der Waals surface area contributed by atoms with Gasteiger partial charge in [0.2, 0.25) is 23.6 Å². The number of amides is 6. The minimum Gasteiger partial charge on any atom is -0.320 e. The van der Waals surface area contributed by atoms with E-state index in [1.807, 2.05) is 116 Å². The second kappa shape index (κ2) is 33.3. The molecule has 2 aromatic carbocycles. The number of rotatable bonds is 15. The molecule has 6 heterocycles. The van der Waals surface area contributed by atoms with E-state index in [-0.39, 0.29) is 61.3 Å². The molecular weight excluding hydrogens is 1310 g/mol. The molecule has 2 aromatic heterocycles. The molecule has 0 saturated carbocycles. The Hall–Kier alpha value is -5.40. The van der Waals surface area contributed by atoms with Gasteiger partial charge in [0.25, 0.3) is 0 Å². The first-order valence-electron chi connectivity index (χ1n) is 27.8. The summed E-state index contributed by atoms with van der Waals surface area (Å²) >= 11 is 4.64. The second-order valence-electron chi connectivity index (χ2n) is 23.3. The van der Waals surface area contributed by atoms with Gasteiger partial charge in [-0.3, -0.25) is 24.0 Å². The smallest absolute Gasteiger partial charge is 0.320 e. The van der Waals surface area contributed by atoms with E-state index in [1.165, 1.54) is 18.0 Å². The van der Waals surface area contributed by atoms with Crippen LogP contribution in [-0.2, 0) is 87.0 Å². The summed E-state index contributed by atoms with van der Waals surface area (Å²) < 4.78 is 10.5. The Labute approximate surface area is 513 Å². The van der Waals surface area contributed by atoms with E-state index in [2.05, 4.69) is 24.5 Å². The molecule has 4 aromatic rings. The van der Waals surface area contributed by atoms with E-state index >= 15 is 0 Å². The van der Waals surface area contributed by atoms with Gasteiger partial charge in [-0.05, 0) is 160 Å². The Bertz CT molecular complexity index is 2880. The molecule has 454 valence electrons. The fraction of sp³-hybridized carbons (Fsp3) is 0.533. The standard InChI is InChI=1S/C30H39N3O5S.C18H19N3O2S.C10H21NO2.CH3ClS.CO2.W/c1-19(2)14-23(31-29(37)38-30(3,4)5)25(34)16-22-15-21-8-6-9-24(32-12-7-10-26(32)35)27(21)33(28(22)36)17-20-11-13-39-18-20;19-14-9-13-3-1-4-15(20-7-2-5-16(20)22)17(13)21(18(14)23)10-12-6-8-24-11-12;1-8(2)6-7-11-9(12)13-10(3,4)5;1-3-2;2-1-3;/h6,8-9,11,13,18-19,22-23H,7,10,12,14-17H2,1-5H3,(H,31,37);1,3-4,6,8,11,14H,2,5,7,9-10,19H2;8H,6-7H2,1-5H3,(H,11,12);1H3;;/t22?,23-;;;;;/m1...../s1. The minimum absolute atomic E-state index is 0.0124. The summed E-state index contributed by atoms with van der Waals surface area (Å²) in [7, 11) is 5.53. The van der Waals surface area contributed by atoms with Crippen molar-refractivity contribution < 1.29 is 70.6 Å². The first-order valence-corrected chi connectivity index (χ1v) is 35.6. The van der Waals surface area contributed by atoms with Gasteiger partial charge in [-0.2, -0.15) is 32.3 Å². The number of para-hydroxylation sites is 2. The molecule has 23 heteroatoms. The van der Waals surface area contributed by atoms with Gasteiger partial charge in [0.05, 0.1) is 47.9 Å². The van der Waals surface area contributed by atoms with Gasteiger partial charge in [0.15, 0.2) is 5.78 Å². The fourth-order valence-electron chi connectivity index (χ4n) is 9.63. The summed E-state index contributed by atoms with van der Waals surface area (Å²) in [5.74, 6) is -0.00711. The number of carbonyl (C=O) groups is 7. The molecule has 18 nitrogen and oxygen atoms in total. The van der Waals surface area contributed by atoms with Gasteiger partial charge >= 0.3 is 60.6 Å². The summed E-state index contributed by atoms with van der Waals surface area (Å²) in [6.07, 6.45) is 6.38. The van der Waals surface area contributed by atoms with Crippen molar-refractivity contribution in [1.82, 2.24) is 10.6 Å². The van der Waals surface area contributed by atoms with Crippen LogP contribution in [0.15, 0.2) is 70.1 Å². The maximum atomic E-state index is 14.0. The Balaban J connectivity index is 0.000000283. The molecule has 6 amide bonds. The molecule has 8 rings (SSSR count). The number of ketones is 1. The molecule has 0 spiro atoms. The molecule has 4 atom stereocenters. The molecule has 4 N–H and O–H groups in total. The maximum absolute atomic E-state index is 14.0. The number of Topliss-reactive ketones (excluding diaryl/α,β-unsaturated/α-hetero) is 1. The van der Waals surface area contributed by atoms with Crippen LogP contribution in [0.25, 0.3) is 0 Å². The quantitative estimate of drug-likeness (QED) is 0.101. The van der Waals surface area contributed by atoms with Gasteiger partial charge in [-0.15, -0.1) is 0 Å². The predicted molar refractivity (Wildman–Crippen MR) is 326 cm³/mol. The second-order valence-corrected chi connectivity index (χ2v) is 34.6. The number of alkyl carbamates (subject to hydrolysis) is 2. The molecule has 2 fully saturated rings. The monoisotopic (exact) mass is 1390 g/mol. The number of halogens is 1. The largest absolute Gasteiger partial charge is 0.373 e. The van der Waals surface area contributed by atoms with Crippen LogP contribution in [0.5, 0.6) is 0 Å². The normalized spacial score (nSPS) is 17.2. The molecular formula is C60H82ClN7O11S3W. The third-order valence-corrected chi connectivity index (χ3v) is 14.5. The first kappa shape index (κ1) is 70.1. The summed E-state index contributed by atoms with van der Waals surface area (Å²) in [6, 6.07) is 14.4. The molecule has 83 heavy (non-hydrogen) atoms. The minimum atomic E-state index is -0.743. The fourth-order valence-corrected chi connectivity index (χ4v) is 10.9. The van der Waals surface area contributed by atoms with E-state index in [0.29, 0.717) is 70.7 Å². The topological polar surface area (TPSA) is 235 Å². The van der Waals surface area contributed by atoms with Crippen LogP contribution in [0.1, 0.15) is 136 Å². The summed E-state index contributed by atoms with van der Waals surface area (Å²) in [5.41, 5.74) is 12.3. The number of hydrogen-bond donors (Lipinski definition) is 3. The first-order chi connectivity index (χ1) is 39.0. The van der Waals surface area contributed by atoms with E-state index in [9.17, 15) is 33.6 Å². The number of nitrogens with zero attached hydrogens (tertiary/aromatic N) is 4. The van der Waals surface area contributed by atoms with E-state index in [1.54, 1.807) is 58.1 Å². The molecule has 0 radical (unpaired) electrons. The Kier molecular flexibility index (Phi) is 28.1. The van der Waals surface area contributed by atoms with Gasteiger partial charge in [-0.25, -0.2) is 9.59 Å². The zero-order valence-electron chi connectivity index (χ0n) is 49.6. The SMILES string of the molecule is CC(C)CCNC(=O)OC(C)(C)C.CC(C)C[C@@H](NC(=O)OC(C)(C)C)C(=O)CC1Cc2cccc(N3CCCC3=O)c2N(Cc2ccsc2)C1=O.C[S](Cl)=[W].NC1Cc2cccc(N3CCCC3=O)c2N(Cc2ccsc2)C1=O.O=C=O. The number of hydrogen-bond acceptors (Lipinski definition) is 14.